The zero-order valence-corrected chi connectivity index (χ0v) is 19.8. The Morgan fingerprint density at radius 2 is 1.66 bits per heavy atom. The molecule has 0 spiro atoms. The van der Waals surface area contributed by atoms with E-state index in [0.717, 1.165) is 35.1 Å². The van der Waals surface area contributed by atoms with Gasteiger partial charge in [0.15, 0.2) is 5.76 Å². The number of carbonyl (C=O) groups is 1. The molecule has 4 aromatic rings. The molecule has 35 heavy (non-hydrogen) atoms. The molecule has 1 amide bonds. The Bertz CT molecular complexity index is 1290. The number of methoxy groups -OCH3 is 1. The van der Waals surface area contributed by atoms with Crippen molar-refractivity contribution in [1.29, 1.82) is 0 Å². The fraction of sp³-hybridized carbons (Fsp3) is 0.276. The van der Waals surface area contributed by atoms with Crippen LogP contribution in [0.25, 0.3) is 10.8 Å². The average molecular weight is 472 g/mol. The smallest absolute Gasteiger partial charge is 0.287 e. The van der Waals surface area contributed by atoms with E-state index in [1.807, 2.05) is 42.5 Å². The van der Waals surface area contributed by atoms with Crippen LogP contribution >= 0.6 is 0 Å². The van der Waals surface area contributed by atoms with Gasteiger partial charge in [0, 0.05) is 25.2 Å². The fourth-order valence-electron chi connectivity index (χ4n) is 4.60. The first-order valence-corrected chi connectivity index (χ1v) is 11.9. The average Bonchev–Trinajstić information content (AvgIpc) is 3.40. The van der Waals surface area contributed by atoms with E-state index in [-0.39, 0.29) is 23.7 Å². The van der Waals surface area contributed by atoms with Crippen molar-refractivity contribution in [2.45, 2.75) is 24.9 Å². The summed E-state index contributed by atoms with van der Waals surface area (Å²) >= 11 is 0. The number of amides is 1. The molecule has 1 aliphatic rings. The van der Waals surface area contributed by atoms with Crippen LogP contribution in [0.3, 0.4) is 0 Å². The van der Waals surface area contributed by atoms with Crippen LogP contribution in [0.2, 0.25) is 0 Å². The summed E-state index contributed by atoms with van der Waals surface area (Å²) in [4.78, 5) is 12.9. The molecule has 1 fully saturated rings. The zero-order valence-electron chi connectivity index (χ0n) is 19.8. The molecule has 6 nitrogen and oxygen atoms in total. The van der Waals surface area contributed by atoms with E-state index in [0.29, 0.717) is 25.5 Å². The monoisotopic (exact) mass is 471 g/mol. The van der Waals surface area contributed by atoms with E-state index in [9.17, 15) is 4.79 Å². The highest BCUT2D eigenvalue weighted by atomic mass is 16.5. The number of furan rings is 1. The first-order chi connectivity index (χ1) is 17.1. The van der Waals surface area contributed by atoms with Gasteiger partial charge in [-0.1, -0.05) is 42.5 Å². The third-order valence-corrected chi connectivity index (χ3v) is 6.73. The molecule has 2 heterocycles. The Morgan fingerprint density at radius 1 is 0.914 bits per heavy atom. The lowest BCUT2D eigenvalue weighted by molar-refractivity contribution is 0.0484. The summed E-state index contributed by atoms with van der Waals surface area (Å²) in [7, 11) is 1.66. The van der Waals surface area contributed by atoms with Gasteiger partial charge in [-0.15, -0.1) is 0 Å². The van der Waals surface area contributed by atoms with E-state index in [1.165, 1.54) is 5.56 Å². The summed E-state index contributed by atoms with van der Waals surface area (Å²) in [6.07, 6.45) is 1.67. The Kier molecular flexibility index (Phi) is 6.73. The van der Waals surface area contributed by atoms with E-state index >= 15 is 0 Å². The summed E-state index contributed by atoms with van der Waals surface area (Å²) in [6, 6.07) is 25.6. The van der Waals surface area contributed by atoms with E-state index in [4.69, 9.17) is 18.6 Å². The van der Waals surface area contributed by atoms with Crippen molar-refractivity contribution >= 4 is 16.7 Å². The third kappa shape index (κ3) is 5.17. The topological polar surface area (TPSA) is 69.9 Å². The lowest BCUT2D eigenvalue weighted by atomic mass is 9.74. The van der Waals surface area contributed by atoms with Gasteiger partial charge in [0.05, 0.1) is 7.11 Å². The molecule has 5 rings (SSSR count). The first-order valence-electron chi connectivity index (χ1n) is 11.9. The van der Waals surface area contributed by atoms with Crippen LogP contribution in [-0.4, -0.2) is 32.8 Å². The van der Waals surface area contributed by atoms with Crippen LogP contribution in [0.1, 0.15) is 34.7 Å². The van der Waals surface area contributed by atoms with Crippen LogP contribution in [0, 0.1) is 0 Å². The maximum atomic E-state index is 12.9. The minimum absolute atomic E-state index is 0.186. The van der Waals surface area contributed by atoms with E-state index in [1.54, 1.807) is 19.2 Å². The van der Waals surface area contributed by atoms with Crippen LogP contribution in [0.4, 0.5) is 0 Å². The highest BCUT2D eigenvalue weighted by Crippen LogP contribution is 2.35. The van der Waals surface area contributed by atoms with Crippen molar-refractivity contribution in [1.82, 2.24) is 5.32 Å². The van der Waals surface area contributed by atoms with Gasteiger partial charge in [-0.3, -0.25) is 4.79 Å². The highest BCUT2D eigenvalue weighted by Gasteiger charge is 2.35. The van der Waals surface area contributed by atoms with Crippen molar-refractivity contribution < 1.29 is 23.4 Å². The van der Waals surface area contributed by atoms with Gasteiger partial charge < -0.3 is 23.9 Å². The Hall–Kier alpha value is -3.77. The molecule has 180 valence electrons. The second-order valence-electron chi connectivity index (χ2n) is 8.87. The Balaban J connectivity index is 1.21. The predicted molar refractivity (Wildman–Crippen MR) is 134 cm³/mol. The first kappa shape index (κ1) is 23.0. The van der Waals surface area contributed by atoms with Crippen molar-refractivity contribution in [3.05, 3.63) is 95.9 Å². The molecule has 0 atom stereocenters. The molecular formula is C29H29NO5. The molecule has 0 unspecified atom stereocenters. The van der Waals surface area contributed by atoms with Gasteiger partial charge >= 0.3 is 0 Å². The molecule has 1 aromatic heterocycles. The summed E-state index contributed by atoms with van der Waals surface area (Å²) in [6.45, 7) is 2.09. The summed E-state index contributed by atoms with van der Waals surface area (Å²) in [5, 5.41) is 5.36. The highest BCUT2D eigenvalue weighted by molar-refractivity contribution is 5.91. The number of carbonyl (C=O) groups excluding carboxylic acids is 1. The van der Waals surface area contributed by atoms with Gasteiger partial charge in [-0.2, -0.15) is 0 Å². The third-order valence-electron chi connectivity index (χ3n) is 6.73. The van der Waals surface area contributed by atoms with Crippen molar-refractivity contribution in [2.24, 2.45) is 0 Å². The van der Waals surface area contributed by atoms with Crippen molar-refractivity contribution in [3.63, 3.8) is 0 Å². The summed E-state index contributed by atoms with van der Waals surface area (Å²) in [5.41, 5.74) is 0.986. The van der Waals surface area contributed by atoms with Gasteiger partial charge in [0.2, 0.25) is 0 Å². The lowest BCUT2D eigenvalue weighted by Crippen LogP contribution is -2.44. The minimum atomic E-state index is -0.235. The molecule has 1 saturated heterocycles. The second kappa shape index (κ2) is 10.2. The number of nitrogens with one attached hydrogen (secondary N) is 1. The maximum Gasteiger partial charge on any atom is 0.287 e. The van der Waals surface area contributed by atoms with Crippen LogP contribution in [-0.2, 0) is 16.8 Å². The number of fused-ring (bicyclic) bond motifs is 1. The van der Waals surface area contributed by atoms with Gasteiger partial charge in [-0.25, -0.2) is 0 Å². The van der Waals surface area contributed by atoms with Gasteiger partial charge in [0.1, 0.15) is 23.9 Å². The predicted octanol–water partition coefficient (Wildman–Crippen LogP) is 5.50. The molecule has 1 aliphatic heterocycles. The summed E-state index contributed by atoms with van der Waals surface area (Å²) in [5.74, 6) is 2.21. The standard InChI is InChI=1S/C29H29NO5/c1-32-24-10-7-23(8-11-24)29(14-16-33-17-15-29)20-30-28(31)27-13-12-26(35-27)19-34-25-9-6-21-4-2-3-5-22(21)18-25/h2-13,18H,14-17,19-20H2,1H3,(H,30,31). The molecule has 0 aliphatic carbocycles. The van der Waals surface area contributed by atoms with E-state index < -0.39 is 0 Å². The number of hydrogen-bond donors (Lipinski definition) is 1. The zero-order chi connectivity index (χ0) is 24.1. The molecule has 1 N–H and O–H groups in total. The summed E-state index contributed by atoms with van der Waals surface area (Å²) < 4.78 is 22.6. The fourth-order valence-corrected chi connectivity index (χ4v) is 4.60. The maximum absolute atomic E-state index is 12.9. The quantitative estimate of drug-likeness (QED) is 0.368. The van der Waals surface area contributed by atoms with Crippen molar-refractivity contribution in [2.75, 3.05) is 26.9 Å². The minimum Gasteiger partial charge on any atom is -0.497 e. The Labute approximate surface area is 204 Å². The van der Waals surface area contributed by atoms with Crippen LogP contribution in [0.15, 0.2) is 83.3 Å². The SMILES string of the molecule is COc1ccc(C2(CNC(=O)c3ccc(COc4ccc5ccccc5c4)o3)CCOCC2)cc1. The normalized spacial score (nSPS) is 15.0. The molecule has 0 saturated carbocycles. The van der Waals surface area contributed by atoms with E-state index in [2.05, 4.69) is 29.6 Å². The van der Waals surface area contributed by atoms with Crippen LogP contribution in [0.5, 0.6) is 11.5 Å². The number of benzene rings is 3. The van der Waals surface area contributed by atoms with Gasteiger partial charge in [-0.05, 0) is 65.6 Å². The lowest BCUT2D eigenvalue weighted by Gasteiger charge is -2.38. The molecular weight excluding hydrogens is 442 g/mol. The molecule has 3 aromatic carbocycles. The number of hydrogen-bond acceptors (Lipinski definition) is 5. The molecule has 0 bridgehead atoms. The van der Waals surface area contributed by atoms with Crippen molar-refractivity contribution in [3.8, 4) is 11.5 Å². The number of rotatable bonds is 8. The number of ether oxygens (including phenoxy) is 3. The Morgan fingerprint density at radius 3 is 2.43 bits per heavy atom. The van der Waals surface area contributed by atoms with Crippen LogP contribution < -0.4 is 14.8 Å². The molecule has 6 heteroatoms. The largest absolute Gasteiger partial charge is 0.497 e. The second-order valence-corrected chi connectivity index (χ2v) is 8.87. The molecule has 0 radical (unpaired) electrons. The van der Waals surface area contributed by atoms with Gasteiger partial charge in [0.25, 0.3) is 5.91 Å².